The Morgan fingerprint density at radius 3 is 2.56 bits per heavy atom. The number of nitrogens with zero attached hydrogens (tertiary/aromatic N) is 1. The Morgan fingerprint density at radius 1 is 1.44 bits per heavy atom. The Hall–Kier alpha value is -1.05. The second kappa shape index (κ2) is 5.09. The molecule has 0 amide bonds. The Labute approximate surface area is 55.8 Å². The molecule has 0 unspecified atom stereocenters. The third-order valence-electron chi connectivity index (χ3n) is 0.738. The molecule has 0 aliphatic rings. The highest BCUT2D eigenvalue weighted by atomic mass is 14.9. The second-order valence-electron chi connectivity index (χ2n) is 1.50. The minimum atomic E-state index is 0.538. The van der Waals surface area contributed by atoms with E-state index in [0.29, 0.717) is 5.82 Å². The number of aliphatic imine (C=N–C) groups is 1. The lowest BCUT2D eigenvalue weighted by Crippen LogP contribution is -1.91. The fraction of sp³-hybridized carbons (Fsp3) is 0.286. The van der Waals surface area contributed by atoms with Crippen LogP contribution in [-0.4, -0.2) is 6.21 Å². The molecular weight excluding hydrogens is 112 g/mol. The number of nitrogens with two attached hydrogens (primary N) is 1. The molecule has 0 aliphatic heterocycles. The molecule has 0 aromatic rings. The summed E-state index contributed by atoms with van der Waals surface area (Å²) in [6.45, 7) is 3.76. The van der Waals surface area contributed by atoms with Crippen molar-refractivity contribution in [3.63, 3.8) is 0 Å². The van der Waals surface area contributed by atoms with Gasteiger partial charge in [-0.1, -0.05) is 12.2 Å². The van der Waals surface area contributed by atoms with E-state index in [1.807, 2.05) is 26.0 Å². The quantitative estimate of drug-likeness (QED) is 0.439. The van der Waals surface area contributed by atoms with E-state index in [0.717, 1.165) is 0 Å². The predicted molar refractivity (Wildman–Crippen MR) is 41.3 cm³/mol. The Bertz CT molecular complexity index is 143. The largest absolute Gasteiger partial charge is 0.384 e. The van der Waals surface area contributed by atoms with Gasteiger partial charge in [0.1, 0.15) is 5.82 Å². The second-order valence-corrected chi connectivity index (χ2v) is 1.50. The summed E-state index contributed by atoms with van der Waals surface area (Å²) in [7, 11) is 0. The predicted octanol–water partition coefficient (Wildman–Crippen LogP) is 1.45. The van der Waals surface area contributed by atoms with E-state index in [1.54, 1.807) is 12.3 Å². The van der Waals surface area contributed by atoms with Crippen LogP contribution in [0.1, 0.15) is 13.8 Å². The number of hydrogen-bond acceptors (Lipinski definition) is 2. The zero-order valence-electron chi connectivity index (χ0n) is 5.83. The van der Waals surface area contributed by atoms with Crippen molar-refractivity contribution in [2.24, 2.45) is 10.7 Å². The van der Waals surface area contributed by atoms with Crippen LogP contribution < -0.4 is 5.73 Å². The van der Waals surface area contributed by atoms with E-state index in [9.17, 15) is 0 Å². The molecule has 50 valence electrons. The molecule has 0 fully saturated rings. The van der Waals surface area contributed by atoms with Crippen LogP contribution in [0.3, 0.4) is 0 Å². The van der Waals surface area contributed by atoms with Gasteiger partial charge in [-0.05, 0) is 19.9 Å². The van der Waals surface area contributed by atoms with Gasteiger partial charge in [0.05, 0.1) is 0 Å². The average molecular weight is 124 g/mol. The summed E-state index contributed by atoms with van der Waals surface area (Å²) >= 11 is 0. The lowest BCUT2D eigenvalue weighted by atomic mass is 10.5. The van der Waals surface area contributed by atoms with E-state index in [2.05, 4.69) is 4.99 Å². The first-order valence-corrected chi connectivity index (χ1v) is 2.88. The van der Waals surface area contributed by atoms with Crippen LogP contribution in [0.4, 0.5) is 0 Å². The van der Waals surface area contributed by atoms with Gasteiger partial charge in [0.15, 0.2) is 0 Å². The molecule has 0 atom stereocenters. The lowest BCUT2D eigenvalue weighted by Gasteiger charge is -1.84. The summed E-state index contributed by atoms with van der Waals surface area (Å²) in [6.07, 6.45) is 7.16. The minimum absolute atomic E-state index is 0.538. The van der Waals surface area contributed by atoms with Gasteiger partial charge in [0.25, 0.3) is 0 Å². The first kappa shape index (κ1) is 7.95. The molecule has 0 aliphatic carbocycles. The molecule has 0 heterocycles. The molecule has 0 spiro atoms. The Kier molecular flexibility index (Phi) is 4.50. The molecule has 0 radical (unpaired) electrons. The van der Waals surface area contributed by atoms with Gasteiger partial charge >= 0.3 is 0 Å². The van der Waals surface area contributed by atoms with Gasteiger partial charge in [-0.25, -0.2) is 4.99 Å². The summed E-state index contributed by atoms with van der Waals surface area (Å²) < 4.78 is 0. The summed E-state index contributed by atoms with van der Waals surface area (Å²) in [5.41, 5.74) is 5.38. The number of allylic oxidation sites excluding steroid dienone is 3. The van der Waals surface area contributed by atoms with Crippen LogP contribution in [0.2, 0.25) is 0 Å². The minimum Gasteiger partial charge on any atom is -0.384 e. The third-order valence-corrected chi connectivity index (χ3v) is 0.738. The van der Waals surface area contributed by atoms with Crippen LogP contribution in [-0.2, 0) is 0 Å². The van der Waals surface area contributed by atoms with Crippen molar-refractivity contribution in [2.45, 2.75) is 13.8 Å². The molecule has 9 heavy (non-hydrogen) atoms. The summed E-state index contributed by atoms with van der Waals surface area (Å²) in [6, 6.07) is 0. The maximum absolute atomic E-state index is 5.38. The standard InChI is InChI=1S/C7H12N2/c1-3-5-6-7(8)9-4-2/h3-6H,8H2,1-2H3/b5-3-,7-6-,9-4-. The Morgan fingerprint density at radius 2 is 2.11 bits per heavy atom. The van der Waals surface area contributed by atoms with Crippen molar-refractivity contribution in [3.05, 3.63) is 24.0 Å². The fourth-order valence-electron chi connectivity index (χ4n) is 0.387. The fourth-order valence-corrected chi connectivity index (χ4v) is 0.387. The van der Waals surface area contributed by atoms with Crippen LogP contribution in [0.5, 0.6) is 0 Å². The maximum Gasteiger partial charge on any atom is 0.122 e. The molecule has 0 rings (SSSR count). The first-order valence-electron chi connectivity index (χ1n) is 2.88. The summed E-state index contributed by atoms with van der Waals surface area (Å²) in [4.78, 5) is 3.82. The van der Waals surface area contributed by atoms with Gasteiger partial charge in [-0.15, -0.1) is 0 Å². The first-order chi connectivity index (χ1) is 4.31. The van der Waals surface area contributed by atoms with Gasteiger partial charge in [0.2, 0.25) is 0 Å². The summed E-state index contributed by atoms with van der Waals surface area (Å²) in [5, 5.41) is 0. The highest BCUT2D eigenvalue weighted by Crippen LogP contribution is 1.84. The number of hydrogen-bond donors (Lipinski definition) is 1. The highest BCUT2D eigenvalue weighted by molar-refractivity contribution is 5.55. The molecule has 0 saturated carbocycles. The monoisotopic (exact) mass is 124 g/mol. The molecule has 2 N–H and O–H groups in total. The van der Waals surface area contributed by atoms with Crippen molar-refractivity contribution in [2.75, 3.05) is 0 Å². The molecule has 0 bridgehead atoms. The van der Waals surface area contributed by atoms with Crippen molar-refractivity contribution in [1.29, 1.82) is 0 Å². The normalized spacial score (nSPS) is 13.8. The third kappa shape index (κ3) is 4.81. The topological polar surface area (TPSA) is 38.4 Å². The average Bonchev–Trinajstić information content (AvgIpc) is 1.85. The van der Waals surface area contributed by atoms with Crippen LogP contribution in [0, 0.1) is 0 Å². The molecule has 2 nitrogen and oxygen atoms in total. The van der Waals surface area contributed by atoms with E-state index >= 15 is 0 Å². The van der Waals surface area contributed by atoms with Crippen molar-refractivity contribution in [3.8, 4) is 0 Å². The molecular formula is C7H12N2. The summed E-state index contributed by atoms with van der Waals surface area (Å²) in [5.74, 6) is 0.538. The van der Waals surface area contributed by atoms with Crippen LogP contribution in [0.25, 0.3) is 0 Å². The van der Waals surface area contributed by atoms with E-state index < -0.39 is 0 Å². The highest BCUT2D eigenvalue weighted by Gasteiger charge is 1.73. The lowest BCUT2D eigenvalue weighted by molar-refractivity contribution is 1.25. The van der Waals surface area contributed by atoms with Crippen molar-refractivity contribution < 1.29 is 0 Å². The zero-order chi connectivity index (χ0) is 7.11. The van der Waals surface area contributed by atoms with Gasteiger partial charge in [-0.2, -0.15) is 0 Å². The van der Waals surface area contributed by atoms with Crippen LogP contribution >= 0.6 is 0 Å². The number of rotatable bonds is 2. The van der Waals surface area contributed by atoms with E-state index in [1.165, 1.54) is 0 Å². The van der Waals surface area contributed by atoms with E-state index in [-0.39, 0.29) is 0 Å². The van der Waals surface area contributed by atoms with Crippen molar-refractivity contribution in [1.82, 2.24) is 0 Å². The maximum atomic E-state index is 5.38. The Balaban J connectivity index is 3.84. The molecule has 0 aromatic heterocycles. The van der Waals surface area contributed by atoms with Gasteiger partial charge in [0, 0.05) is 6.21 Å². The van der Waals surface area contributed by atoms with E-state index in [4.69, 9.17) is 5.73 Å². The smallest absolute Gasteiger partial charge is 0.122 e. The SMILES string of the molecule is C\C=C/C=C(N)\N=C/C. The van der Waals surface area contributed by atoms with Crippen molar-refractivity contribution >= 4 is 6.21 Å². The van der Waals surface area contributed by atoms with Crippen LogP contribution in [0.15, 0.2) is 29.0 Å². The van der Waals surface area contributed by atoms with Gasteiger partial charge < -0.3 is 5.73 Å². The molecule has 2 heteroatoms. The molecule has 0 saturated heterocycles. The van der Waals surface area contributed by atoms with Gasteiger partial charge in [-0.3, -0.25) is 0 Å². The zero-order valence-corrected chi connectivity index (χ0v) is 5.83. The molecule has 0 aromatic carbocycles.